The first-order valence-electron chi connectivity index (χ1n) is 9.02. The van der Waals surface area contributed by atoms with Crippen molar-refractivity contribution in [3.63, 3.8) is 0 Å². The van der Waals surface area contributed by atoms with Gasteiger partial charge in [-0.25, -0.2) is 14.6 Å². The van der Waals surface area contributed by atoms with Gasteiger partial charge in [0.25, 0.3) is 11.5 Å². The quantitative estimate of drug-likeness (QED) is 0.545. The molecule has 0 aliphatic rings. The minimum Gasteiger partial charge on any atom is -0.347 e. The SMILES string of the molecule is O=C(NCc1ccc(-n2ccnc2)nc1)c1ccc(=O)n(Cc2ccccc2)n1. The van der Waals surface area contributed by atoms with Crippen LogP contribution in [0.15, 0.2) is 84.3 Å². The molecule has 0 bridgehead atoms. The lowest BCUT2D eigenvalue weighted by molar-refractivity contribution is 0.0943. The van der Waals surface area contributed by atoms with Crippen LogP contribution in [0.2, 0.25) is 0 Å². The van der Waals surface area contributed by atoms with Gasteiger partial charge in [-0.2, -0.15) is 5.10 Å². The zero-order valence-electron chi connectivity index (χ0n) is 15.5. The van der Waals surface area contributed by atoms with Crippen LogP contribution in [0.4, 0.5) is 0 Å². The van der Waals surface area contributed by atoms with Crippen LogP contribution in [0.5, 0.6) is 0 Å². The van der Waals surface area contributed by atoms with Crippen LogP contribution < -0.4 is 10.9 Å². The zero-order valence-corrected chi connectivity index (χ0v) is 15.5. The molecule has 0 unspecified atom stereocenters. The number of imidazole rings is 1. The standard InChI is InChI=1S/C21H18N6O2/c28-20-9-7-18(25-27(20)14-16-4-2-1-3-5-16)21(29)24-13-17-6-8-19(23-12-17)26-11-10-22-15-26/h1-12,15H,13-14H2,(H,24,29). The molecular weight excluding hydrogens is 368 g/mol. The zero-order chi connectivity index (χ0) is 20.1. The molecule has 0 saturated carbocycles. The summed E-state index contributed by atoms with van der Waals surface area (Å²) in [7, 11) is 0. The smallest absolute Gasteiger partial charge is 0.271 e. The monoisotopic (exact) mass is 386 g/mol. The van der Waals surface area contributed by atoms with E-state index in [1.807, 2.05) is 42.5 Å². The van der Waals surface area contributed by atoms with Crippen molar-refractivity contribution in [2.45, 2.75) is 13.1 Å². The first kappa shape index (κ1) is 18.3. The first-order valence-corrected chi connectivity index (χ1v) is 9.02. The van der Waals surface area contributed by atoms with Gasteiger partial charge in [-0.3, -0.25) is 14.2 Å². The van der Waals surface area contributed by atoms with Gasteiger partial charge in [0.15, 0.2) is 0 Å². The summed E-state index contributed by atoms with van der Waals surface area (Å²) < 4.78 is 3.08. The Morgan fingerprint density at radius 2 is 1.86 bits per heavy atom. The third kappa shape index (κ3) is 4.44. The second kappa shape index (κ2) is 8.30. The number of carbonyl (C=O) groups excluding carboxylic acids is 1. The van der Waals surface area contributed by atoms with E-state index in [0.29, 0.717) is 13.1 Å². The van der Waals surface area contributed by atoms with Crippen molar-refractivity contribution >= 4 is 5.91 Å². The van der Waals surface area contributed by atoms with Gasteiger partial charge in [-0.05, 0) is 23.3 Å². The molecule has 1 amide bonds. The highest BCUT2D eigenvalue weighted by atomic mass is 16.2. The van der Waals surface area contributed by atoms with E-state index in [-0.39, 0.29) is 17.2 Å². The molecule has 0 aliphatic carbocycles. The average Bonchev–Trinajstić information content (AvgIpc) is 3.30. The number of benzene rings is 1. The Hall–Kier alpha value is -4.07. The third-order valence-electron chi connectivity index (χ3n) is 4.31. The van der Waals surface area contributed by atoms with E-state index in [2.05, 4.69) is 20.4 Å². The largest absolute Gasteiger partial charge is 0.347 e. The van der Waals surface area contributed by atoms with Crippen molar-refractivity contribution in [2.24, 2.45) is 0 Å². The van der Waals surface area contributed by atoms with Gasteiger partial charge in [-0.1, -0.05) is 36.4 Å². The van der Waals surface area contributed by atoms with Crippen molar-refractivity contribution in [1.29, 1.82) is 0 Å². The predicted octanol–water partition coefficient (Wildman–Crippen LogP) is 1.80. The average molecular weight is 386 g/mol. The van der Waals surface area contributed by atoms with Crippen molar-refractivity contribution in [1.82, 2.24) is 29.6 Å². The molecule has 4 rings (SSSR count). The van der Waals surface area contributed by atoms with Crippen LogP contribution in [0.3, 0.4) is 0 Å². The van der Waals surface area contributed by atoms with Gasteiger partial charge >= 0.3 is 0 Å². The molecule has 0 radical (unpaired) electrons. The molecular formula is C21H18N6O2. The summed E-state index contributed by atoms with van der Waals surface area (Å²) in [5, 5.41) is 7.00. The van der Waals surface area contributed by atoms with E-state index in [1.165, 1.54) is 16.8 Å². The van der Waals surface area contributed by atoms with Crippen molar-refractivity contribution in [2.75, 3.05) is 0 Å². The Balaban J connectivity index is 1.42. The lowest BCUT2D eigenvalue weighted by Crippen LogP contribution is -2.29. The lowest BCUT2D eigenvalue weighted by atomic mass is 10.2. The highest BCUT2D eigenvalue weighted by Gasteiger charge is 2.10. The molecule has 8 nitrogen and oxygen atoms in total. The van der Waals surface area contributed by atoms with Crippen LogP contribution in [-0.4, -0.2) is 30.2 Å². The number of hydrogen-bond donors (Lipinski definition) is 1. The highest BCUT2D eigenvalue weighted by Crippen LogP contribution is 2.06. The number of aromatic nitrogens is 5. The highest BCUT2D eigenvalue weighted by molar-refractivity contribution is 5.91. The molecule has 3 aromatic heterocycles. The number of carbonyl (C=O) groups is 1. The molecule has 0 fully saturated rings. The maximum Gasteiger partial charge on any atom is 0.271 e. The Kier molecular flexibility index (Phi) is 5.24. The van der Waals surface area contributed by atoms with E-state index < -0.39 is 0 Å². The molecule has 0 spiro atoms. The van der Waals surface area contributed by atoms with E-state index in [9.17, 15) is 9.59 Å². The summed E-state index contributed by atoms with van der Waals surface area (Å²) in [6.07, 6.45) is 6.85. The van der Waals surface area contributed by atoms with Gasteiger partial charge in [0.05, 0.1) is 6.54 Å². The van der Waals surface area contributed by atoms with Crippen molar-refractivity contribution in [3.8, 4) is 5.82 Å². The molecule has 0 aliphatic heterocycles. The van der Waals surface area contributed by atoms with Crippen molar-refractivity contribution in [3.05, 3.63) is 107 Å². The van der Waals surface area contributed by atoms with Gasteiger partial charge in [0.2, 0.25) is 0 Å². The van der Waals surface area contributed by atoms with Gasteiger partial charge in [0, 0.05) is 31.2 Å². The summed E-state index contributed by atoms with van der Waals surface area (Å²) in [6, 6.07) is 16.0. The van der Waals surface area contributed by atoms with Crippen LogP contribution in [0.1, 0.15) is 21.6 Å². The van der Waals surface area contributed by atoms with E-state index >= 15 is 0 Å². The summed E-state index contributed by atoms with van der Waals surface area (Å²) >= 11 is 0. The molecule has 29 heavy (non-hydrogen) atoms. The van der Waals surface area contributed by atoms with E-state index in [4.69, 9.17) is 0 Å². The second-order valence-corrected chi connectivity index (χ2v) is 6.38. The molecule has 1 aromatic carbocycles. The third-order valence-corrected chi connectivity index (χ3v) is 4.31. The maximum absolute atomic E-state index is 12.5. The maximum atomic E-state index is 12.5. The Morgan fingerprint density at radius 3 is 2.59 bits per heavy atom. The van der Waals surface area contributed by atoms with Crippen LogP contribution >= 0.6 is 0 Å². The van der Waals surface area contributed by atoms with Crippen LogP contribution in [0.25, 0.3) is 5.82 Å². The number of amides is 1. The Bertz CT molecular complexity index is 1150. The Labute approximate surface area is 166 Å². The molecule has 0 atom stereocenters. The van der Waals surface area contributed by atoms with E-state index in [0.717, 1.165) is 16.9 Å². The Morgan fingerprint density at radius 1 is 1.00 bits per heavy atom. The summed E-state index contributed by atoms with van der Waals surface area (Å²) in [5.74, 6) is 0.387. The number of pyridine rings is 1. The molecule has 8 heteroatoms. The fourth-order valence-corrected chi connectivity index (χ4v) is 2.78. The topological polar surface area (TPSA) is 94.7 Å². The molecule has 0 saturated heterocycles. The first-order chi connectivity index (χ1) is 14.2. The van der Waals surface area contributed by atoms with E-state index in [1.54, 1.807) is 29.5 Å². The minimum atomic E-state index is -0.356. The lowest BCUT2D eigenvalue weighted by Gasteiger charge is -2.08. The van der Waals surface area contributed by atoms with Gasteiger partial charge in [0.1, 0.15) is 17.8 Å². The number of rotatable bonds is 6. The predicted molar refractivity (Wildman–Crippen MR) is 107 cm³/mol. The molecule has 3 heterocycles. The van der Waals surface area contributed by atoms with Crippen LogP contribution in [-0.2, 0) is 13.1 Å². The number of nitrogens with one attached hydrogen (secondary N) is 1. The molecule has 1 N–H and O–H groups in total. The molecule has 144 valence electrons. The normalized spacial score (nSPS) is 10.6. The number of nitrogens with zero attached hydrogens (tertiary/aromatic N) is 5. The van der Waals surface area contributed by atoms with Crippen LogP contribution in [0, 0.1) is 0 Å². The summed E-state index contributed by atoms with van der Waals surface area (Å²) in [5.41, 5.74) is 1.71. The second-order valence-electron chi connectivity index (χ2n) is 6.38. The van der Waals surface area contributed by atoms with Crippen molar-refractivity contribution < 1.29 is 4.79 Å². The fraction of sp³-hybridized carbons (Fsp3) is 0.0952. The number of hydrogen-bond acceptors (Lipinski definition) is 5. The summed E-state index contributed by atoms with van der Waals surface area (Å²) in [4.78, 5) is 32.9. The summed E-state index contributed by atoms with van der Waals surface area (Å²) in [6.45, 7) is 0.607. The van der Waals surface area contributed by atoms with Gasteiger partial charge < -0.3 is 5.32 Å². The minimum absolute atomic E-state index is 0.184. The fourth-order valence-electron chi connectivity index (χ4n) is 2.78. The van der Waals surface area contributed by atoms with Gasteiger partial charge in [-0.15, -0.1) is 0 Å². The molecule has 4 aromatic rings.